The molecule has 31 heavy (non-hydrogen) atoms. The molecule has 1 fully saturated rings. The zero-order valence-electron chi connectivity index (χ0n) is 18.6. The van der Waals surface area contributed by atoms with Crippen LogP contribution in [0, 0.1) is 6.92 Å². The molecule has 2 N–H and O–H groups in total. The van der Waals surface area contributed by atoms with Crippen molar-refractivity contribution in [1.29, 1.82) is 0 Å². The summed E-state index contributed by atoms with van der Waals surface area (Å²) in [4.78, 5) is 9.44. The first kappa shape index (κ1) is 25.7. The molecule has 0 amide bonds. The lowest BCUT2D eigenvalue weighted by molar-refractivity contribution is 0.0169. The van der Waals surface area contributed by atoms with Crippen molar-refractivity contribution in [3.8, 4) is 11.5 Å². The van der Waals surface area contributed by atoms with Gasteiger partial charge in [0.2, 0.25) is 0 Å². The zero-order valence-corrected chi connectivity index (χ0v) is 21.8. The number of nitrogens with one attached hydrogen (secondary N) is 2. The standard InChI is InChI=1S/C22H32N4O3S.HI/c1-16-5-7-18(30-16)14-24-22(23-2)25-15-19(26-9-11-29-12-10-26)17-6-8-20(27-3)21(13-17)28-4;/h5-8,13,19H,9-12,14-15H2,1-4H3,(H2,23,24,25);1H. The number of halogens is 1. The van der Waals surface area contributed by atoms with Crippen LogP contribution in [-0.4, -0.2) is 65.0 Å². The molecule has 1 aromatic carbocycles. The van der Waals surface area contributed by atoms with E-state index in [0.29, 0.717) is 0 Å². The van der Waals surface area contributed by atoms with Crippen molar-refractivity contribution in [3.63, 3.8) is 0 Å². The molecule has 7 nitrogen and oxygen atoms in total. The number of thiophene rings is 1. The molecule has 0 aliphatic carbocycles. The van der Waals surface area contributed by atoms with Gasteiger partial charge in [0.05, 0.1) is 40.0 Å². The van der Waals surface area contributed by atoms with Crippen LogP contribution in [0.4, 0.5) is 0 Å². The van der Waals surface area contributed by atoms with Crippen molar-refractivity contribution < 1.29 is 14.2 Å². The maximum Gasteiger partial charge on any atom is 0.191 e. The first-order chi connectivity index (χ1) is 14.6. The van der Waals surface area contributed by atoms with E-state index in [1.165, 1.54) is 15.3 Å². The Bertz CT molecular complexity index is 840. The molecule has 0 saturated carbocycles. The Balaban J connectivity index is 0.00000341. The topological polar surface area (TPSA) is 67.4 Å². The third kappa shape index (κ3) is 7.23. The molecule has 1 aliphatic rings. The second-order valence-corrected chi connectivity index (χ2v) is 8.47. The molecule has 1 atom stereocenters. The molecule has 3 rings (SSSR count). The van der Waals surface area contributed by atoms with Gasteiger partial charge in [-0.2, -0.15) is 0 Å². The summed E-state index contributed by atoms with van der Waals surface area (Å²) in [7, 11) is 5.13. The Morgan fingerprint density at radius 2 is 1.87 bits per heavy atom. The van der Waals surface area contributed by atoms with E-state index in [4.69, 9.17) is 14.2 Å². The molecule has 0 radical (unpaired) electrons. The molecule has 172 valence electrons. The highest BCUT2D eigenvalue weighted by molar-refractivity contribution is 14.0. The monoisotopic (exact) mass is 560 g/mol. The van der Waals surface area contributed by atoms with Crippen LogP contribution in [0.25, 0.3) is 0 Å². The summed E-state index contributed by atoms with van der Waals surface area (Å²) in [5.74, 6) is 2.27. The van der Waals surface area contributed by atoms with Gasteiger partial charge in [0.1, 0.15) is 0 Å². The van der Waals surface area contributed by atoms with Gasteiger partial charge in [-0.3, -0.25) is 9.89 Å². The van der Waals surface area contributed by atoms with E-state index >= 15 is 0 Å². The van der Waals surface area contributed by atoms with E-state index in [1.807, 2.05) is 6.07 Å². The average Bonchev–Trinajstić information content (AvgIpc) is 3.21. The van der Waals surface area contributed by atoms with E-state index in [-0.39, 0.29) is 30.0 Å². The van der Waals surface area contributed by atoms with Crippen LogP contribution in [0.2, 0.25) is 0 Å². The van der Waals surface area contributed by atoms with E-state index in [9.17, 15) is 0 Å². The highest BCUT2D eigenvalue weighted by atomic mass is 127. The lowest BCUT2D eigenvalue weighted by Crippen LogP contribution is -2.46. The van der Waals surface area contributed by atoms with Crippen LogP contribution in [0.15, 0.2) is 35.3 Å². The first-order valence-electron chi connectivity index (χ1n) is 10.2. The predicted octanol–water partition coefficient (Wildman–Crippen LogP) is 3.43. The average molecular weight is 561 g/mol. The SMILES string of the molecule is CN=C(NCc1ccc(C)s1)NCC(c1ccc(OC)c(OC)c1)N1CCOCC1.I. The van der Waals surface area contributed by atoms with Gasteiger partial charge in [0.15, 0.2) is 17.5 Å². The van der Waals surface area contributed by atoms with Crippen LogP contribution in [0.1, 0.15) is 21.4 Å². The first-order valence-corrected chi connectivity index (χ1v) is 11.0. The molecule has 1 aliphatic heterocycles. The van der Waals surface area contributed by atoms with Gasteiger partial charge in [0, 0.05) is 36.4 Å². The van der Waals surface area contributed by atoms with Crippen LogP contribution < -0.4 is 20.1 Å². The summed E-state index contributed by atoms with van der Waals surface area (Å²) in [5, 5.41) is 6.91. The number of hydrogen-bond acceptors (Lipinski definition) is 6. The molecule has 9 heteroatoms. The smallest absolute Gasteiger partial charge is 0.191 e. The van der Waals surface area contributed by atoms with Crippen molar-refractivity contribution in [2.24, 2.45) is 4.99 Å². The zero-order chi connectivity index (χ0) is 21.3. The summed E-state index contributed by atoms with van der Waals surface area (Å²) in [6, 6.07) is 10.6. The quantitative estimate of drug-likeness (QED) is 0.293. The highest BCUT2D eigenvalue weighted by Gasteiger charge is 2.24. The second kappa shape index (κ2) is 13.1. The normalized spacial score (nSPS) is 15.7. The summed E-state index contributed by atoms with van der Waals surface area (Å²) >= 11 is 1.80. The van der Waals surface area contributed by atoms with Crippen molar-refractivity contribution in [3.05, 3.63) is 45.6 Å². The number of aryl methyl sites for hydroxylation is 1. The summed E-state index contributed by atoms with van der Waals surface area (Å²) in [6.07, 6.45) is 0. The second-order valence-electron chi connectivity index (χ2n) is 7.10. The van der Waals surface area contributed by atoms with E-state index in [1.54, 1.807) is 32.6 Å². The molecule has 2 heterocycles. The Hall–Kier alpha value is -1.56. The molecule has 2 aromatic rings. The Morgan fingerprint density at radius 3 is 2.48 bits per heavy atom. The molecule has 0 bridgehead atoms. The largest absolute Gasteiger partial charge is 0.493 e. The molecule has 1 unspecified atom stereocenters. The van der Waals surface area contributed by atoms with Crippen LogP contribution >= 0.6 is 35.3 Å². The number of ether oxygens (including phenoxy) is 3. The Labute approximate surface area is 206 Å². The van der Waals surface area contributed by atoms with Gasteiger partial charge < -0.3 is 24.8 Å². The number of morpholine rings is 1. The van der Waals surface area contributed by atoms with Gasteiger partial charge in [0.25, 0.3) is 0 Å². The number of benzene rings is 1. The Morgan fingerprint density at radius 1 is 1.13 bits per heavy atom. The number of methoxy groups -OCH3 is 2. The molecule has 1 aromatic heterocycles. The minimum absolute atomic E-state index is 0. The number of guanidine groups is 1. The third-order valence-electron chi connectivity index (χ3n) is 5.19. The number of aliphatic imine (C=N–C) groups is 1. The number of nitrogens with zero attached hydrogens (tertiary/aromatic N) is 2. The number of hydrogen-bond donors (Lipinski definition) is 2. The summed E-state index contributed by atoms with van der Waals surface area (Å²) in [6.45, 7) is 6.87. The van der Waals surface area contributed by atoms with E-state index in [2.05, 4.69) is 51.7 Å². The lowest BCUT2D eigenvalue weighted by Gasteiger charge is -2.35. The Kier molecular flexibility index (Phi) is 10.9. The van der Waals surface area contributed by atoms with Gasteiger partial charge in [-0.25, -0.2) is 0 Å². The number of rotatable bonds is 8. The maximum atomic E-state index is 5.56. The van der Waals surface area contributed by atoms with E-state index < -0.39 is 0 Å². The third-order valence-corrected chi connectivity index (χ3v) is 6.19. The van der Waals surface area contributed by atoms with Crippen molar-refractivity contribution in [2.45, 2.75) is 19.5 Å². The summed E-state index contributed by atoms with van der Waals surface area (Å²) in [5.41, 5.74) is 1.17. The van der Waals surface area contributed by atoms with E-state index in [0.717, 1.165) is 56.9 Å². The summed E-state index contributed by atoms with van der Waals surface area (Å²) < 4.78 is 16.5. The molecular weight excluding hydrogens is 527 g/mol. The predicted molar refractivity (Wildman–Crippen MR) is 137 cm³/mol. The van der Waals surface area contributed by atoms with Crippen LogP contribution in [-0.2, 0) is 11.3 Å². The fraction of sp³-hybridized carbons (Fsp3) is 0.500. The van der Waals surface area contributed by atoms with Crippen molar-refractivity contribution >= 4 is 41.3 Å². The van der Waals surface area contributed by atoms with Crippen LogP contribution in [0.5, 0.6) is 11.5 Å². The molecule has 1 saturated heterocycles. The molecular formula is C22H33IN4O3S. The van der Waals surface area contributed by atoms with Gasteiger partial charge >= 0.3 is 0 Å². The minimum atomic E-state index is 0. The lowest BCUT2D eigenvalue weighted by atomic mass is 10.0. The van der Waals surface area contributed by atoms with Crippen molar-refractivity contribution in [2.75, 3.05) is 54.1 Å². The van der Waals surface area contributed by atoms with Gasteiger partial charge in [-0.1, -0.05) is 6.07 Å². The van der Waals surface area contributed by atoms with Gasteiger partial charge in [-0.15, -0.1) is 35.3 Å². The van der Waals surface area contributed by atoms with Gasteiger partial charge in [-0.05, 0) is 36.8 Å². The fourth-order valence-corrected chi connectivity index (χ4v) is 4.40. The minimum Gasteiger partial charge on any atom is -0.493 e. The molecule has 0 spiro atoms. The maximum absolute atomic E-state index is 5.56. The van der Waals surface area contributed by atoms with Crippen LogP contribution in [0.3, 0.4) is 0 Å². The fourth-order valence-electron chi connectivity index (χ4n) is 3.57. The highest BCUT2D eigenvalue weighted by Crippen LogP contribution is 2.32. The van der Waals surface area contributed by atoms with Crippen molar-refractivity contribution in [1.82, 2.24) is 15.5 Å².